The predicted molar refractivity (Wildman–Crippen MR) is 70.3 cm³/mol. The molecule has 0 aliphatic carbocycles. The highest BCUT2D eigenvalue weighted by molar-refractivity contribution is 9.10. The molecule has 2 aromatic carbocycles. The second-order valence-electron chi connectivity index (χ2n) is 4.25. The van der Waals surface area contributed by atoms with E-state index in [1.165, 1.54) is 0 Å². The number of aryl methyl sites for hydroxylation is 1. The normalized spacial score (nSPS) is 11.6. The van der Waals surface area contributed by atoms with Crippen molar-refractivity contribution in [1.29, 1.82) is 0 Å². The van der Waals surface area contributed by atoms with E-state index in [-0.39, 0.29) is 17.9 Å². The molecule has 0 saturated heterocycles. The summed E-state index contributed by atoms with van der Waals surface area (Å²) >= 11 is 3.15. The first kappa shape index (κ1) is 15.8. The lowest BCUT2D eigenvalue weighted by molar-refractivity contribution is -0.138. The lowest BCUT2D eigenvalue weighted by Gasteiger charge is -2.14. The average molecular weight is 367 g/mol. The topological polar surface area (TPSA) is 9.23 Å². The standard InChI is InChI=1S/C14H8BrF5O/c1-7-3-2-4-9(15)12(7)21-13-10(16)5-8(6-11(13)17)14(18,19)20/h2-6H,1H3. The van der Waals surface area contributed by atoms with Gasteiger partial charge in [-0.1, -0.05) is 12.1 Å². The van der Waals surface area contributed by atoms with E-state index in [4.69, 9.17) is 4.74 Å². The molecule has 0 unspecified atom stereocenters. The average Bonchev–Trinajstić information content (AvgIpc) is 2.35. The Morgan fingerprint density at radius 3 is 2.05 bits per heavy atom. The first-order valence-corrected chi connectivity index (χ1v) is 6.48. The van der Waals surface area contributed by atoms with E-state index in [1.807, 2.05) is 0 Å². The Hall–Kier alpha value is -1.63. The number of hydrogen-bond acceptors (Lipinski definition) is 1. The molecular weight excluding hydrogens is 359 g/mol. The maximum Gasteiger partial charge on any atom is 0.416 e. The Morgan fingerprint density at radius 1 is 1.00 bits per heavy atom. The van der Waals surface area contributed by atoms with Crippen molar-refractivity contribution in [2.45, 2.75) is 13.1 Å². The minimum absolute atomic E-state index is 0.134. The maximum atomic E-state index is 13.7. The molecule has 1 nitrogen and oxygen atoms in total. The molecule has 0 fully saturated rings. The summed E-state index contributed by atoms with van der Waals surface area (Å²) in [7, 11) is 0. The Kier molecular flexibility index (Phi) is 4.22. The van der Waals surface area contributed by atoms with Gasteiger partial charge in [-0.25, -0.2) is 8.78 Å². The third-order valence-electron chi connectivity index (χ3n) is 2.69. The van der Waals surface area contributed by atoms with Crippen LogP contribution in [0.2, 0.25) is 0 Å². The minimum Gasteiger partial charge on any atom is -0.450 e. The molecule has 0 saturated carbocycles. The van der Waals surface area contributed by atoms with Crippen molar-refractivity contribution >= 4 is 15.9 Å². The quantitative estimate of drug-likeness (QED) is 0.606. The van der Waals surface area contributed by atoms with Crippen LogP contribution >= 0.6 is 15.9 Å². The van der Waals surface area contributed by atoms with Gasteiger partial charge in [-0.3, -0.25) is 0 Å². The van der Waals surface area contributed by atoms with Gasteiger partial charge >= 0.3 is 6.18 Å². The van der Waals surface area contributed by atoms with Crippen molar-refractivity contribution in [2.24, 2.45) is 0 Å². The van der Waals surface area contributed by atoms with E-state index in [2.05, 4.69) is 15.9 Å². The van der Waals surface area contributed by atoms with Crippen molar-refractivity contribution in [2.75, 3.05) is 0 Å². The van der Waals surface area contributed by atoms with E-state index in [1.54, 1.807) is 25.1 Å². The molecule has 112 valence electrons. The van der Waals surface area contributed by atoms with Gasteiger partial charge in [0.1, 0.15) is 5.75 Å². The van der Waals surface area contributed by atoms with Crippen LogP contribution in [0.4, 0.5) is 22.0 Å². The summed E-state index contributed by atoms with van der Waals surface area (Å²) in [4.78, 5) is 0. The summed E-state index contributed by atoms with van der Waals surface area (Å²) in [5, 5.41) is 0. The smallest absolute Gasteiger partial charge is 0.416 e. The molecule has 21 heavy (non-hydrogen) atoms. The second-order valence-corrected chi connectivity index (χ2v) is 5.11. The van der Waals surface area contributed by atoms with E-state index in [0.29, 0.717) is 10.0 Å². The fourth-order valence-corrected chi connectivity index (χ4v) is 2.22. The van der Waals surface area contributed by atoms with Gasteiger partial charge in [0.2, 0.25) is 0 Å². The maximum absolute atomic E-state index is 13.7. The Morgan fingerprint density at radius 2 is 1.57 bits per heavy atom. The summed E-state index contributed by atoms with van der Waals surface area (Å²) < 4.78 is 70.3. The van der Waals surface area contributed by atoms with Crippen molar-refractivity contribution in [1.82, 2.24) is 0 Å². The van der Waals surface area contributed by atoms with Gasteiger partial charge in [0, 0.05) is 0 Å². The van der Waals surface area contributed by atoms with E-state index in [0.717, 1.165) is 0 Å². The molecule has 0 aliphatic heterocycles. The molecule has 7 heteroatoms. The fraction of sp³-hybridized carbons (Fsp3) is 0.143. The van der Waals surface area contributed by atoms with Crippen LogP contribution in [-0.4, -0.2) is 0 Å². The van der Waals surface area contributed by atoms with Crippen LogP contribution in [-0.2, 0) is 6.18 Å². The van der Waals surface area contributed by atoms with Crippen LogP contribution in [0.1, 0.15) is 11.1 Å². The van der Waals surface area contributed by atoms with Crippen LogP contribution in [0.5, 0.6) is 11.5 Å². The highest BCUT2D eigenvalue weighted by atomic mass is 79.9. The van der Waals surface area contributed by atoms with Crippen LogP contribution in [0.15, 0.2) is 34.8 Å². The van der Waals surface area contributed by atoms with Gasteiger partial charge in [-0.2, -0.15) is 13.2 Å². The number of benzene rings is 2. The zero-order chi connectivity index (χ0) is 15.8. The molecule has 0 amide bonds. The second kappa shape index (κ2) is 5.63. The fourth-order valence-electron chi connectivity index (χ4n) is 1.67. The van der Waals surface area contributed by atoms with Crippen LogP contribution in [0, 0.1) is 18.6 Å². The zero-order valence-corrected chi connectivity index (χ0v) is 12.1. The summed E-state index contributed by atoms with van der Waals surface area (Å²) in [5.41, 5.74) is -0.836. The van der Waals surface area contributed by atoms with Gasteiger partial charge in [0.15, 0.2) is 17.4 Å². The number of hydrogen-bond donors (Lipinski definition) is 0. The predicted octanol–water partition coefficient (Wildman–Crippen LogP) is 5.85. The molecule has 0 atom stereocenters. The third kappa shape index (κ3) is 3.34. The Labute approximate surface area is 125 Å². The molecule has 0 N–H and O–H groups in total. The number of para-hydroxylation sites is 1. The highest BCUT2D eigenvalue weighted by Gasteiger charge is 2.33. The molecular formula is C14H8BrF5O. The zero-order valence-electron chi connectivity index (χ0n) is 10.6. The molecule has 0 aromatic heterocycles. The number of halogens is 6. The number of rotatable bonds is 2. The van der Waals surface area contributed by atoms with Crippen molar-refractivity contribution in [3.63, 3.8) is 0 Å². The lowest BCUT2D eigenvalue weighted by Crippen LogP contribution is -2.07. The summed E-state index contributed by atoms with van der Waals surface area (Å²) in [6.07, 6.45) is -4.83. The lowest BCUT2D eigenvalue weighted by atomic mass is 10.2. The van der Waals surface area contributed by atoms with Crippen molar-refractivity contribution in [3.8, 4) is 11.5 Å². The van der Waals surface area contributed by atoms with Crippen LogP contribution in [0.3, 0.4) is 0 Å². The first-order chi connectivity index (χ1) is 9.70. The monoisotopic (exact) mass is 366 g/mol. The van der Waals surface area contributed by atoms with Gasteiger partial charge < -0.3 is 4.74 Å². The molecule has 0 bridgehead atoms. The van der Waals surface area contributed by atoms with Crippen LogP contribution < -0.4 is 4.74 Å². The highest BCUT2D eigenvalue weighted by Crippen LogP contribution is 2.38. The summed E-state index contributed by atoms with van der Waals surface area (Å²) in [6.45, 7) is 1.64. The van der Waals surface area contributed by atoms with E-state index >= 15 is 0 Å². The van der Waals surface area contributed by atoms with Gasteiger partial charge in [0.05, 0.1) is 10.0 Å². The van der Waals surface area contributed by atoms with Gasteiger partial charge in [-0.05, 0) is 46.6 Å². The Balaban J connectivity index is 2.47. The first-order valence-electron chi connectivity index (χ1n) is 5.69. The molecule has 0 heterocycles. The molecule has 0 spiro atoms. The largest absolute Gasteiger partial charge is 0.450 e. The summed E-state index contributed by atoms with van der Waals surface area (Å²) in [5.74, 6) is -3.58. The van der Waals surface area contributed by atoms with Gasteiger partial charge in [-0.15, -0.1) is 0 Å². The number of alkyl halides is 3. The van der Waals surface area contributed by atoms with Crippen molar-refractivity contribution in [3.05, 3.63) is 57.6 Å². The molecule has 0 aliphatic rings. The molecule has 2 aromatic rings. The Bertz CT molecular complexity index is 638. The SMILES string of the molecule is Cc1cccc(Br)c1Oc1c(F)cc(C(F)(F)F)cc1F. The van der Waals surface area contributed by atoms with E-state index < -0.39 is 29.1 Å². The molecule has 2 rings (SSSR count). The van der Waals surface area contributed by atoms with E-state index in [9.17, 15) is 22.0 Å². The minimum atomic E-state index is -4.83. The third-order valence-corrected chi connectivity index (χ3v) is 3.32. The summed E-state index contributed by atoms with van der Waals surface area (Å²) in [6, 6.07) is 5.31. The molecule has 0 radical (unpaired) electrons. The van der Waals surface area contributed by atoms with Crippen molar-refractivity contribution < 1.29 is 26.7 Å². The van der Waals surface area contributed by atoms with Gasteiger partial charge in [0.25, 0.3) is 0 Å². The van der Waals surface area contributed by atoms with Crippen LogP contribution in [0.25, 0.3) is 0 Å². The number of ether oxygens (including phenoxy) is 1.